The monoisotopic (exact) mass is 502 g/mol. The van der Waals surface area contributed by atoms with Crippen LogP contribution < -0.4 is 15.0 Å². The average Bonchev–Trinajstić information content (AvgIpc) is 3.28. The van der Waals surface area contributed by atoms with E-state index >= 15 is 0 Å². The van der Waals surface area contributed by atoms with Gasteiger partial charge in [0.15, 0.2) is 0 Å². The summed E-state index contributed by atoms with van der Waals surface area (Å²) in [6.07, 6.45) is 0.181. The number of benzene rings is 1. The Morgan fingerprint density at radius 2 is 1.92 bits per heavy atom. The molecule has 190 valence electrons. The maximum Gasteiger partial charge on any atom is 0.406 e. The number of fused-ring (bicyclic) bond motifs is 2. The number of hydrogen-bond donors (Lipinski definition) is 0. The summed E-state index contributed by atoms with van der Waals surface area (Å²) in [7, 11) is 1.38. The zero-order chi connectivity index (χ0) is 25.3. The van der Waals surface area contributed by atoms with E-state index in [4.69, 9.17) is 14.2 Å². The van der Waals surface area contributed by atoms with E-state index in [1.165, 1.54) is 13.2 Å². The van der Waals surface area contributed by atoms with Crippen LogP contribution in [0.1, 0.15) is 0 Å². The van der Waals surface area contributed by atoms with Crippen LogP contribution in [0.25, 0.3) is 27.7 Å². The van der Waals surface area contributed by atoms with Crippen LogP contribution in [0.5, 0.6) is 11.5 Å². The Morgan fingerprint density at radius 1 is 1.11 bits per heavy atom. The van der Waals surface area contributed by atoms with Crippen molar-refractivity contribution in [1.29, 1.82) is 0 Å². The van der Waals surface area contributed by atoms with Crippen molar-refractivity contribution < 1.29 is 27.4 Å². The van der Waals surface area contributed by atoms with Crippen LogP contribution in [0.2, 0.25) is 0 Å². The smallest absolute Gasteiger partial charge is 0.406 e. The quantitative estimate of drug-likeness (QED) is 0.385. The van der Waals surface area contributed by atoms with E-state index in [9.17, 15) is 18.0 Å². The molecule has 0 amide bonds. The molecule has 36 heavy (non-hydrogen) atoms. The number of aromatic nitrogens is 3. The van der Waals surface area contributed by atoms with Crippen molar-refractivity contribution in [3.05, 3.63) is 59.3 Å². The Morgan fingerprint density at radius 3 is 2.67 bits per heavy atom. The Bertz CT molecular complexity index is 1440. The van der Waals surface area contributed by atoms with Gasteiger partial charge in [0, 0.05) is 43.7 Å². The molecule has 4 heterocycles. The Hall–Kier alpha value is -3.57. The molecule has 0 aliphatic carbocycles. The maximum atomic E-state index is 12.9. The molecule has 11 heteroatoms. The minimum atomic E-state index is -4.51. The van der Waals surface area contributed by atoms with E-state index < -0.39 is 18.3 Å². The van der Waals surface area contributed by atoms with Gasteiger partial charge in [0.2, 0.25) is 0 Å². The summed E-state index contributed by atoms with van der Waals surface area (Å²) < 4.78 is 57.8. The van der Waals surface area contributed by atoms with Gasteiger partial charge >= 0.3 is 6.18 Å². The third-order valence-corrected chi connectivity index (χ3v) is 6.17. The summed E-state index contributed by atoms with van der Waals surface area (Å²) in [6.45, 7) is 3.29. The van der Waals surface area contributed by atoms with Crippen molar-refractivity contribution in [2.24, 2.45) is 0 Å². The summed E-state index contributed by atoms with van der Waals surface area (Å²) in [5.41, 5.74) is 1.36. The van der Waals surface area contributed by atoms with Crippen LogP contribution >= 0.6 is 0 Å². The number of nitrogens with zero attached hydrogens (tertiary/aromatic N) is 4. The second kappa shape index (κ2) is 9.82. The first kappa shape index (κ1) is 24.1. The number of alkyl halides is 3. The van der Waals surface area contributed by atoms with Gasteiger partial charge < -0.3 is 18.8 Å². The Labute approximate surface area is 204 Å². The van der Waals surface area contributed by atoms with E-state index in [0.29, 0.717) is 33.5 Å². The highest BCUT2D eigenvalue weighted by molar-refractivity contribution is 5.92. The van der Waals surface area contributed by atoms with Crippen molar-refractivity contribution in [3.63, 3.8) is 0 Å². The van der Waals surface area contributed by atoms with Gasteiger partial charge in [-0.15, -0.1) is 0 Å². The first-order valence-electron chi connectivity index (χ1n) is 11.5. The third-order valence-electron chi connectivity index (χ3n) is 6.17. The van der Waals surface area contributed by atoms with Crippen LogP contribution in [0.15, 0.2) is 53.7 Å². The minimum Gasteiger partial charge on any atom is -0.496 e. The maximum absolute atomic E-state index is 12.9. The average molecular weight is 502 g/mol. The van der Waals surface area contributed by atoms with E-state index in [2.05, 4.69) is 9.88 Å². The molecule has 0 radical (unpaired) electrons. The normalized spacial score (nSPS) is 15.0. The van der Waals surface area contributed by atoms with Gasteiger partial charge in [0.1, 0.15) is 30.3 Å². The van der Waals surface area contributed by atoms with Crippen LogP contribution in [0.3, 0.4) is 0 Å². The minimum absolute atomic E-state index is 0.0952. The van der Waals surface area contributed by atoms with Crippen LogP contribution in [-0.4, -0.2) is 71.6 Å². The summed E-state index contributed by atoms with van der Waals surface area (Å²) in [5.74, 6) is 0.899. The molecular formula is C25H25F3N4O4. The van der Waals surface area contributed by atoms with Gasteiger partial charge in [-0.25, -0.2) is 4.98 Å². The summed E-state index contributed by atoms with van der Waals surface area (Å²) >= 11 is 0. The van der Waals surface area contributed by atoms with Gasteiger partial charge in [-0.05, 0) is 29.7 Å². The molecule has 0 unspecified atom stereocenters. The second-order valence-corrected chi connectivity index (χ2v) is 8.54. The molecule has 8 nitrogen and oxygen atoms in total. The molecule has 4 aromatic rings. The van der Waals surface area contributed by atoms with Crippen molar-refractivity contribution >= 4 is 16.4 Å². The van der Waals surface area contributed by atoms with Crippen molar-refractivity contribution in [3.8, 4) is 22.8 Å². The van der Waals surface area contributed by atoms with E-state index in [1.807, 2.05) is 22.7 Å². The summed E-state index contributed by atoms with van der Waals surface area (Å²) in [5, 5.41) is 0.573. The van der Waals surface area contributed by atoms with Crippen molar-refractivity contribution in [2.75, 3.05) is 46.6 Å². The number of rotatable bonds is 7. The SMILES string of the molecule is COc1cc(-c2cnc3cc(OCCN4CCOCC4)ccn23)cc2ccn(CC(F)(F)F)c(=O)c12. The standard InChI is InChI=1S/C25H25F3N4O4/c1-34-21-13-18(12-17-2-4-31(16-25(26,27)28)24(33)23(17)21)20-15-29-22-14-19(3-5-32(20)22)36-11-8-30-6-9-35-10-7-30/h2-5,12-15H,6-11,16H2,1H3. The molecular weight excluding hydrogens is 477 g/mol. The molecule has 1 fully saturated rings. The molecule has 0 saturated carbocycles. The van der Waals surface area contributed by atoms with Crippen LogP contribution in [0, 0.1) is 0 Å². The number of methoxy groups -OCH3 is 1. The molecule has 0 N–H and O–H groups in total. The fraction of sp³-hybridized carbons (Fsp3) is 0.360. The molecule has 1 saturated heterocycles. The number of imidazole rings is 1. The lowest BCUT2D eigenvalue weighted by molar-refractivity contribution is -0.141. The van der Waals surface area contributed by atoms with Gasteiger partial charge in [0.25, 0.3) is 5.56 Å². The Balaban J connectivity index is 1.42. The predicted octanol–water partition coefficient (Wildman–Crippen LogP) is 3.60. The fourth-order valence-electron chi connectivity index (χ4n) is 4.39. The highest BCUT2D eigenvalue weighted by Crippen LogP contribution is 2.32. The number of ether oxygens (including phenoxy) is 3. The van der Waals surface area contributed by atoms with Gasteiger partial charge in [-0.1, -0.05) is 0 Å². The van der Waals surface area contributed by atoms with Gasteiger partial charge in [-0.2, -0.15) is 13.2 Å². The lowest BCUT2D eigenvalue weighted by Gasteiger charge is -2.26. The third kappa shape index (κ3) is 5.02. The molecule has 0 spiro atoms. The molecule has 5 rings (SSSR count). The first-order chi connectivity index (χ1) is 17.3. The molecule has 1 aromatic carbocycles. The van der Waals surface area contributed by atoms with Gasteiger partial charge in [0.05, 0.1) is 37.6 Å². The summed E-state index contributed by atoms with van der Waals surface area (Å²) in [4.78, 5) is 19.5. The number of pyridine rings is 2. The largest absolute Gasteiger partial charge is 0.496 e. The molecule has 1 aliphatic heterocycles. The van der Waals surface area contributed by atoms with Gasteiger partial charge in [-0.3, -0.25) is 14.1 Å². The lowest BCUT2D eigenvalue weighted by Crippen LogP contribution is -2.38. The van der Waals surface area contributed by atoms with E-state index in [1.54, 1.807) is 18.3 Å². The van der Waals surface area contributed by atoms with Crippen LogP contribution in [-0.2, 0) is 11.3 Å². The highest BCUT2D eigenvalue weighted by atomic mass is 19.4. The molecule has 1 aliphatic rings. The predicted molar refractivity (Wildman–Crippen MR) is 128 cm³/mol. The zero-order valence-electron chi connectivity index (χ0n) is 19.6. The molecule has 3 aromatic heterocycles. The first-order valence-corrected chi connectivity index (χ1v) is 11.5. The zero-order valence-corrected chi connectivity index (χ0v) is 19.6. The fourth-order valence-corrected chi connectivity index (χ4v) is 4.39. The topological polar surface area (TPSA) is 70.2 Å². The summed E-state index contributed by atoms with van der Waals surface area (Å²) in [6, 6.07) is 8.56. The molecule has 0 bridgehead atoms. The number of halogens is 3. The number of hydrogen-bond acceptors (Lipinski definition) is 6. The van der Waals surface area contributed by atoms with E-state index in [-0.39, 0.29) is 11.1 Å². The van der Waals surface area contributed by atoms with Crippen molar-refractivity contribution in [2.45, 2.75) is 12.7 Å². The van der Waals surface area contributed by atoms with Crippen LogP contribution in [0.4, 0.5) is 13.2 Å². The highest BCUT2D eigenvalue weighted by Gasteiger charge is 2.29. The molecule has 0 atom stereocenters. The van der Waals surface area contributed by atoms with Crippen molar-refractivity contribution in [1.82, 2.24) is 18.9 Å². The van der Waals surface area contributed by atoms with E-state index in [0.717, 1.165) is 44.7 Å². The Kier molecular flexibility index (Phi) is 6.59. The lowest BCUT2D eigenvalue weighted by atomic mass is 10.1. The second-order valence-electron chi connectivity index (χ2n) is 8.54. The number of morpholine rings is 1.